The number of hydrogen-bond acceptors (Lipinski definition) is 5. The maximum absolute atomic E-state index is 11.7. The smallest absolute Gasteiger partial charge is 0.426 e. The zero-order valence-electron chi connectivity index (χ0n) is 11.8. The topological polar surface area (TPSA) is 89.8 Å². The van der Waals surface area contributed by atoms with E-state index in [1.807, 2.05) is 6.07 Å². The molecule has 2 N–H and O–H groups in total. The minimum Gasteiger partial charge on any atom is -0.497 e. The molecule has 2 amide bonds. The van der Waals surface area contributed by atoms with E-state index in [4.69, 9.17) is 9.15 Å². The second-order valence-corrected chi connectivity index (χ2v) is 4.19. The van der Waals surface area contributed by atoms with Gasteiger partial charge in [0, 0.05) is 17.0 Å². The second kappa shape index (κ2) is 6.65. The van der Waals surface area contributed by atoms with Crippen molar-refractivity contribution >= 4 is 23.0 Å². The van der Waals surface area contributed by atoms with Crippen LogP contribution in [-0.2, 0) is 16.0 Å². The lowest BCUT2D eigenvalue weighted by Gasteiger charge is -2.06. The summed E-state index contributed by atoms with van der Waals surface area (Å²) in [6, 6.07) is 5.35. The molecule has 0 saturated carbocycles. The summed E-state index contributed by atoms with van der Waals surface area (Å²) in [4.78, 5) is 22.8. The first-order chi connectivity index (χ1) is 10.1. The Kier molecular flexibility index (Phi) is 4.65. The van der Waals surface area contributed by atoms with E-state index in [0.717, 1.165) is 10.9 Å². The lowest BCUT2D eigenvalue weighted by molar-refractivity contribution is -0.121. The van der Waals surface area contributed by atoms with Crippen LogP contribution in [0.25, 0.3) is 11.0 Å². The molecule has 1 aromatic carbocycles. The third kappa shape index (κ3) is 3.65. The molecule has 0 bridgehead atoms. The van der Waals surface area contributed by atoms with E-state index in [9.17, 15) is 9.59 Å². The Morgan fingerprint density at radius 1 is 1.29 bits per heavy atom. The molecule has 0 unspecified atom stereocenters. The average Bonchev–Trinajstić information content (AvgIpc) is 2.87. The molecule has 0 aliphatic heterocycles. The molecule has 7 heteroatoms. The van der Waals surface area contributed by atoms with Crippen molar-refractivity contribution in [2.24, 2.45) is 0 Å². The highest BCUT2D eigenvalue weighted by atomic mass is 16.6. The number of hydrogen-bond donors (Lipinski definition) is 2. The van der Waals surface area contributed by atoms with Crippen LogP contribution >= 0.6 is 0 Å². The van der Waals surface area contributed by atoms with Gasteiger partial charge in [-0.15, -0.1) is 0 Å². The van der Waals surface area contributed by atoms with E-state index in [-0.39, 0.29) is 18.9 Å². The predicted molar refractivity (Wildman–Crippen MR) is 74.8 cm³/mol. The molecule has 0 radical (unpaired) electrons. The number of benzene rings is 1. The van der Waals surface area contributed by atoms with Gasteiger partial charge in [0.15, 0.2) is 0 Å². The van der Waals surface area contributed by atoms with Crippen molar-refractivity contribution in [3.8, 4) is 5.75 Å². The molecule has 21 heavy (non-hydrogen) atoms. The summed E-state index contributed by atoms with van der Waals surface area (Å²) in [7, 11) is 1.57. The van der Waals surface area contributed by atoms with E-state index >= 15 is 0 Å². The van der Waals surface area contributed by atoms with E-state index in [1.165, 1.54) is 6.26 Å². The van der Waals surface area contributed by atoms with Crippen molar-refractivity contribution in [2.45, 2.75) is 13.3 Å². The zero-order chi connectivity index (χ0) is 15.2. The molecule has 0 saturated heterocycles. The van der Waals surface area contributed by atoms with Gasteiger partial charge in [-0.1, -0.05) is 0 Å². The quantitative estimate of drug-likeness (QED) is 0.838. The molecular weight excluding hydrogens is 276 g/mol. The van der Waals surface area contributed by atoms with Gasteiger partial charge in [-0.3, -0.25) is 10.2 Å². The van der Waals surface area contributed by atoms with Gasteiger partial charge in [-0.25, -0.2) is 10.2 Å². The summed E-state index contributed by atoms with van der Waals surface area (Å²) in [6.45, 7) is 1.91. The predicted octanol–water partition coefficient (Wildman–Crippen LogP) is 1.76. The molecule has 0 fully saturated rings. The van der Waals surface area contributed by atoms with Crippen LogP contribution < -0.4 is 15.6 Å². The largest absolute Gasteiger partial charge is 0.497 e. The first kappa shape index (κ1) is 14.7. The van der Waals surface area contributed by atoms with Gasteiger partial charge in [0.25, 0.3) is 0 Å². The summed E-state index contributed by atoms with van der Waals surface area (Å²) in [5.74, 6) is 0.304. The summed E-state index contributed by atoms with van der Waals surface area (Å²) in [6.07, 6.45) is 0.882. The van der Waals surface area contributed by atoms with E-state index in [2.05, 4.69) is 15.6 Å². The van der Waals surface area contributed by atoms with Crippen LogP contribution in [0.1, 0.15) is 12.5 Å². The Balaban J connectivity index is 1.99. The summed E-state index contributed by atoms with van der Waals surface area (Å²) >= 11 is 0. The van der Waals surface area contributed by atoms with Crippen LogP contribution in [0.3, 0.4) is 0 Å². The maximum atomic E-state index is 11.7. The Morgan fingerprint density at radius 3 is 2.81 bits per heavy atom. The average molecular weight is 292 g/mol. The SMILES string of the molecule is CCOC(=O)NNC(=O)Cc1coc2cc(OC)ccc12. The number of methoxy groups -OCH3 is 1. The monoisotopic (exact) mass is 292 g/mol. The first-order valence-corrected chi connectivity index (χ1v) is 6.39. The molecule has 0 atom stereocenters. The number of nitrogens with one attached hydrogen (secondary N) is 2. The summed E-state index contributed by atoms with van der Waals surface area (Å²) < 4.78 is 15.1. The van der Waals surface area contributed by atoms with Crippen LogP contribution in [0.15, 0.2) is 28.9 Å². The fraction of sp³-hybridized carbons (Fsp3) is 0.286. The molecule has 2 rings (SSSR count). The molecule has 7 nitrogen and oxygen atoms in total. The number of ether oxygens (including phenoxy) is 2. The third-order valence-electron chi connectivity index (χ3n) is 2.79. The lowest BCUT2D eigenvalue weighted by atomic mass is 10.1. The highest BCUT2D eigenvalue weighted by molar-refractivity contribution is 5.88. The fourth-order valence-electron chi connectivity index (χ4n) is 1.83. The molecule has 1 aromatic heterocycles. The third-order valence-corrected chi connectivity index (χ3v) is 2.79. The first-order valence-electron chi connectivity index (χ1n) is 6.39. The zero-order valence-corrected chi connectivity index (χ0v) is 11.8. The maximum Gasteiger partial charge on any atom is 0.426 e. The van der Waals surface area contributed by atoms with Gasteiger partial charge in [-0.2, -0.15) is 0 Å². The minimum absolute atomic E-state index is 0.0751. The number of rotatable bonds is 4. The summed E-state index contributed by atoms with van der Waals surface area (Å²) in [5.41, 5.74) is 5.77. The van der Waals surface area contributed by atoms with Crippen LogP contribution in [-0.4, -0.2) is 25.7 Å². The number of carbonyl (C=O) groups is 2. The van der Waals surface area contributed by atoms with Gasteiger partial charge < -0.3 is 13.9 Å². The van der Waals surface area contributed by atoms with Crippen molar-refractivity contribution in [3.05, 3.63) is 30.0 Å². The molecule has 0 aliphatic rings. The number of hydrazine groups is 1. The van der Waals surface area contributed by atoms with Gasteiger partial charge in [0.2, 0.25) is 5.91 Å². The standard InChI is InChI=1S/C14H16N2O5/c1-3-20-14(18)16-15-13(17)6-9-8-21-12-7-10(19-2)4-5-11(9)12/h4-5,7-8H,3,6H2,1-2H3,(H,15,17)(H,16,18). The fourth-order valence-corrected chi connectivity index (χ4v) is 1.83. The summed E-state index contributed by atoms with van der Waals surface area (Å²) in [5, 5.41) is 0.821. The Labute approximate surface area is 121 Å². The lowest BCUT2D eigenvalue weighted by Crippen LogP contribution is -2.42. The number of furan rings is 1. The van der Waals surface area contributed by atoms with Gasteiger partial charge in [0.1, 0.15) is 11.3 Å². The van der Waals surface area contributed by atoms with Crippen LogP contribution in [0, 0.1) is 0 Å². The van der Waals surface area contributed by atoms with Crippen LogP contribution in [0.4, 0.5) is 4.79 Å². The van der Waals surface area contributed by atoms with Crippen LogP contribution in [0.5, 0.6) is 5.75 Å². The number of carbonyl (C=O) groups excluding carboxylic acids is 2. The Hall–Kier alpha value is -2.70. The van der Waals surface area contributed by atoms with Gasteiger partial charge >= 0.3 is 6.09 Å². The minimum atomic E-state index is -0.701. The van der Waals surface area contributed by atoms with Gasteiger partial charge in [0.05, 0.1) is 26.4 Å². The highest BCUT2D eigenvalue weighted by Gasteiger charge is 2.12. The van der Waals surface area contributed by atoms with Crippen molar-refractivity contribution in [1.82, 2.24) is 10.9 Å². The molecule has 112 valence electrons. The molecular formula is C14H16N2O5. The number of fused-ring (bicyclic) bond motifs is 1. The molecule has 0 aliphatic carbocycles. The molecule has 1 heterocycles. The molecule has 0 spiro atoms. The van der Waals surface area contributed by atoms with Crippen molar-refractivity contribution < 1.29 is 23.5 Å². The number of amides is 2. The Bertz CT molecular complexity index is 650. The Morgan fingerprint density at radius 2 is 2.10 bits per heavy atom. The van der Waals surface area contributed by atoms with E-state index in [0.29, 0.717) is 11.3 Å². The van der Waals surface area contributed by atoms with Gasteiger partial charge in [-0.05, 0) is 19.1 Å². The second-order valence-electron chi connectivity index (χ2n) is 4.19. The van der Waals surface area contributed by atoms with Crippen LogP contribution in [0.2, 0.25) is 0 Å². The van der Waals surface area contributed by atoms with E-state index < -0.39 is 6.09 Å². The highest BCUT2D eigenvalue weighted by Crippen LogP contribution is 2.25. The van der Waals surface area contributed by atoms with E-state index in [1.54, 1.807) is 26.2 Å². The normalized spacial score (nSPS) is 10.2. The van der Waals surface area contributed by atoms with Crippen molar-refractivity contribution in [3.63, 3.8) is 0 Å². The molecule has 2 aromatic rings. The van der Waals surface area contributed by atoms with Crippen molar-refractivity contribution in [1.29, 1.82) is 0 Å². The van der Waals surface area contributed by atoms with Crippen molar-refractivity contribution in [2.75, 3.05) is 13.7 Å².